The molecule has 3 atom stereocenters. The number of aromatic nitrogens is 4. The van der Waals surface area contributed by atoms with Crippen molar-refractivity contribution < 1.29 is 54.2 Å². The molecule has 55 heavy (non-hydrogen) atoms. The van der Waals surface area contributed by atoms with Gasteiger partial charge in [-0.3, -0.25) is 14.3 Å². The Morgan fingerprint density at radius 3 is 2.42 bits per heavy atom. The van der Waals surface area contributed by atoms with Gasteiger partial charge in [0, 0.05) is 23.1 Å². The van der Waals surface area contributed by atoms with Gasteiger partial charge in [0.25, 0.3) is 17.8 Å². The molecule has 2 fully saturated rings. The first-order chi connectivity index (χ1) is 25.7. The van der Waals surface area contributed by atoms with Gasteiger partial charge in [-0.15, -0.1) is 0 Å². The van der Waals surface area contributed by atoms with E-state index >= 15 is 8.78 Å². The number of carbonyl (C=O) groups is 2. The van der Waals surface area contributed by atoms with Crippen LogP contribution < -0.4 is 16.0 Å². The van der Waals surface area contributed by atoms with Crippen LogP contribution in [0.3, 0.4) is 0 Å². The number of benzene rings is 2. The van der Waals surface area contributed by atoms with Crippen molar-refractivity contribution in [3.8, 4) is 11.1 Å². The summed E-state index contributed by atoms with van der Waals surface area (Å²) in [4.78, 5) is 36.5. The van der Waals surface area contributed by atoms with Crippen LogP contribution in [-0.4, -0.2) is 55.4 Å². The molecule has 0 bridgehead atoms. The maximum Gasteiger partial charge on any atom is 0.435 e. The minimum Gasteiger partial charge on any atom is -0.404 e. The zero-order valence-electron chi connectivity index (χ0n) is 28.3. The Morgan fingerprint density at radius 1 is 1.09 bits per heavy atom. The normalized spacial score (nSPS) is 19.9. The second-order valence-electron chi connectivity index (χ2n) is 14.2. The van der Waals surface area contributed by atoms with Crippen LogP contribution in [0.4, 0.5) is 41.1 Å². The predicted molar refractivity (Wildman–Crippen MR) is 176 cm³/mol. The summed E-state index contributed by atoms with van der Waals surface area (Å²) in [6.07, 6.45) is -5.59. The standard InChI is InChI=1S/C36H27F8N7O4/c1-14-25-26-29(36(42,43)44)49-51(30(26)35(40,41)27(14)25)11-24(52)46-22(7-15-5-17(37)9-18(38)6-15)28-19(16-3-4-21(39)20(8-16)31(45)53)10-23-32(48-28)55-33(47-23)50-12-34(2,54)13-50/h3-6,8-10,22,25,27,54H,1,7,11-13H2,2H3,(H2,45,53)(H,46,52)/t22-,25+,27+/m0/s1. The van der Waals surface area contributed by atoms with E-state index in [0.717, 1.165) is 24.3 Å². The van der Waals surface area contributed by atoms with E-state index in [1.807, 2.05) is 0 Å². The van der Waals surface area contributed by atoms with Gasteiger partial charge in [0.05, 0.1) is 41.9 Å². The third kappa shape index (κ3) is 6.15. The van der Waals surface area contributed by atoms with Crippen molar-refractivity contribution in [2.24, 2.45) is 11.7 Å². The van der Waals surface area contributed by atoms with Gasteiger partial charge < -0.3 is 25.5 Å². The van der Waals surface area contributed by atoms with E-state index in [9.17, 15) is 41.0 Å². The summed E-state index contributed by atoms with van der Waals surface area (Å²) in [5.74, 6) is -11.9. The summed E-state index contributed by atoms with van der Waals surface area (Å²) in [7, 11) is 0. The van der Waals surface area contributed by atoms with Gasteiger partial charge in [0.2, 0.25) is 11.6 Å². The van der Waals surface area contributed by atoms with E-state index in [1.54, 1.807) is 11.8 Å². The highest BCUT2D eigenvalue weighted by molar-refractivity contribution is 5.95. The average Bonchev–Trinajstić information content (AvgIpc) is 3.32. The lowest BCUT2D eigenvalue weighted by molar-refractivity contribution is -0.142. The summed E-state index contributed by atoms with van der Waals surface area (Å²) in [5.41, 5.74) is 0.296. The monoisotopic (exact) mass is 773 g/mol. The molecule has 2 aliphatic carbocycles. The zero-order valence-corrected chi connectivity index (χ0v) is 28.3. The summed E-state index contributed by atoms with van der Waals surface area (Å²) in [6.45, 7) is 4.21. The third-order valence-corrected chi connectivity index (χ3v) is 9.90. The zero-order chi connectivity index (χ0) is 39.5. The number of rotatable bonds is 9. The molecule has 2 amide bonds. The fourth-order valence-electron chi connectivity index (χ4n) is 7.55. The van der Waals surface area contributed by atoms with Crippen molar-refractivity contribution in [2.75, 3.05) is 18.0 Å². The first kappa shape index (κ1) is 36.1. The number of β-amino-alcohol motifs (C(OH)–C–C–N with tert-alkyl or cyclic N) is 1. The largest absolute Gasteiger partial charge is 0.435 e. The summed E-state index contributed by atoms with van der Waals surface area (Å²) in [6, 6.07) is 5.75. The number of fused-ring (bicyclic) bond motifs is 4. The number of nitrogens with zero attached hydrogens (tertiary/aromatic N) is 5. The highest BCUT2D eigenvalue weighted by Crippen LogP contribution is 2.71. The lowest BCUT2D eigenvalue weighted by Gasteiger charge is -2.42. The van der Waals surface area contributed by atoms with Crippen LogP contribution in [0.15, 0.2) is 59.0 Å². The number of alkyl halides is 5. The summed E-state index contributed by atoms with van der Waals surface area (Å²) in [5, 5.41) is 16.2. The molecule has 4 N–H and O–H groups in total. The smallest absolute Gasteiger partial charge is 0.404 e. The van der Waals surface area contributed by atoms with Crippen molar-refractivity contribution >= 4 is 29.1 Å². The van der Waals surface area contributed by atoms with E-state index < -0.39 is 100 Å². The van der Waals surface area contributed by atoms with Gasteiger partial charge in [-0.2, -0.15) is 32.0 Å². The fourth-order valence-corrected chi connectivity index (χ4v) is 7.55. The van der Waals surface area contributed by atoms with Gasteiger partial charge in [-0.25, -0.2) is 18.2 Å². The minimum atomic E-state index is -5.14. The molecule has 8 rings (SSSR count). The molecule has 0 spiro atoms. The molecule has 3 aromatic heterocycles. The van der Waals surface area contributed by atoms with Gasteiger partial charge >= 0.3 is 6.18 Å². The number of allylic oxidation sites excluding steroid dienone is 1. The average molecular weight is 774 g/mol. The highest BCUT2D eigenvalue weighted by Gasteiger charge is 2.71. The molecule has 3 aliphatic rings. The molecule has 1 saturated carbocycles. The molecule has 0 radical (unpaired) electrons. The lowest BCUT2D eigenvalue weighted by atomic mass is 9.94. The Balaban J connectivity index is 1.24. The number of aliphatic hydroxyl groups is 1. The van der Waals surface area contributed by atoms with Crippen LogP contribution in [0.2, 0.25) is 0 Å². The van der Waals surface area contributed by atoms with E-state index in [0.29, 0.717) is 6.07 Å². The number of nitrogens with two attached hydrogens (primary N) is 1. The van der Waals surface area contributed by atoms with Crippen molar-refractivity contribution in [1.29, 1.82) is 0 Å². The quantitative estimate of drug-likeness (QED) is 0.128. The number of hydrogen-bond donors (Lipinski definition) is 3. The third-order valence-electron chi connectivity index (χ3n) is 9.90. The predicted octanol–water partition coefficient (Wildman–Crippen LogP) is 5.67. The topological polar surface area (TPSA) is 152 Å². The van der Waals surface area contributed by atoms with Crippen LogP contribution in [0.1, 0.15) is 57.5 Å². The Kier molecular flexibility index (Phi) is 7.94. The molecular formula is C36H27F8N7O4. The second kappa shape index (κ2) is 12.1. The van der Waals surface area contributed by atoms with Gasteiger partial charge in [0.15, 0.2) is 5.69 Å². The first-order valence-corrected chi connectivity index (χ1v) is 16.6. The maximum atomic E-state index is 15.5. The van der Waals surface area contributed by atoms with E-state index in [1.165, 1.54) is 12.1 Å². The van der Waals surface area contributed by atoms with Crippen LogP contribution >= 0.6 is 0 Å². The van der Waals surface area contributed by atoms with E-state index in [4.69, 9.17) is 10.2 Å². The van der Waals surface area contributed by atoms with E-state index in [-0.39, 0.29) is 63.0 Å². The Bertz CT molecular complexity index is 2450. The summed E-state index contributed by atoms with van der Waals surface area (Å²) >= 11 is 0. The number of halogens is 8. The molecule has 2 aromatic carbocycles. The summed E-state index contributed by atoms with van der Waals surface area (Å²) < 4.78 is 123. The molecule has 286 valence electrons. The molecule has 1 saturated heterocycles. The number of anilines is 1. The highest BCUT2D eigenvalue weighted by atomic mass is 19.4. The van der Waals surface area contributed by atoms with Crippen LogP contribution in [0, 0.1) is 23.4 Å². The SMILES string of the molecule is C=C1[C@@H]2c3c(C(F)(F)F)nn(CC(=O)N[C@@H](Cc4cc(F)cc(F)c4)c4nc5oc(N6CC(C)(O)C6)nc5cc4-c4ccc(F)c(C(N)=O)c4)c3C(F)(F)[C@H]12. The number of amides is 2. The maximum absolute atomic E-state index is 15.5. The minimum absolute atomic E-state index is 0.0384. The van der Waals surface area contributed by atoms with Crippen LogP contribution in [0.5, 0.6) is 0 Å². The molecule has 11 nitrogen and oxygen atoms in total. The number of carbonyl (C=O) groups excluding carboxylic acids is 2. The number of primary amides is 1. The molecule has 0 unspecified atom stereocenters. The van der Waals surface area contributed by atoms with Crippen LogP contribution in [0.25, 0.3) is 22.4 Å². The Morgan fingerprint density at radius 2 is 1.78 bits per heavy atom. The lowest BCUT2D eigenvalue weighted by Crippen LogP contribution is -2.60. The van der Waals surface area contributed by atoms with E-state index in [2.05, 4.69) is 27.0 Å². The van der Waals surface area contributed by atoms with Crippen molar-refractivity contribution in [3.63, 3.8) is 0 Å². The molecule has 5 aromatic rings. The number of pyridine rings is 1. The van der Waals surface area contributed by atoms with Gasteiger partial charge in [0.1, 0.15) is 35.2 Å². The van der Waals surface area contributed by atoms with Crippen molar-refractivity contribution in [2.45, 2.75) is 49.5 Å². The number of oxazole rings is 1. The van der Waals surface area contributed by atoms with Crippen molar-refractivity contribution in [3.05, 3.63) is 106 Å². The fraction of sp³-hybridized carbons (Fsp3) is 0.306. The van der Waals surface area contributed by atoms with Crippen molar-refractivity contribution in [1.82, 2.24) is 25.1 Å². The molecule has 4 heterocycles. The first-order valence-electron chi connectivity index (χ1n) is 16.6. The molecule has 1 aliphatic heterocycles. The molecule has 19 heteroatoms. The number of nitrogens with one attached hydrogen (secondary N) is 1. The molecular weight excluding hydrogens is 746 g/mol. The second-order valence-corrected chi connectivity index (χ2v) is 14.2. The Hall–Kier alpha value is -5.85. The van der Waals surface area contributed by atoms with Crippen LogP contribution in [-0.2, 0) is 29.9 Å². The Labute approximate surface area is 304 Å². The van der Waals surface area contributed by atoms with Gasteiger partial charge in [-0.05, 0) is 54.8 Å². The van der Waals surface area contributed by atoms with Gasteiger partial charge in [-0.1, -0.05) is 18.2 Å². The number of hydrogen-bond acceptors (Lipinski definition) is 8.